The van der Waals surface area contributed by atoms with Crippen LogP contribution in [-0.2, 0) is 17.6 Å². The van der Waals surface area contributed by atoms with E-state index in [2.05, 4.69) is 10.2 Å². The van der Waals surface area contributed by atoms with Gasteiger partial charge in [0.1, 0.15) is 11.6 Å². The molecule has 0 spiro atoms. The molecule has 4 nitrogen and oxygen atoms in total. The van der Waals surface area contributed by atoms with Crippen molar-refractivity contribution in [1.29, 1.82) is 0 Å². The van der Waals surface area contributed by atoms with Gasteiger partial charge in [-0.3, -0.25) is 9.89 Å². The predicted molar refractivity (Wildman–Crippen MR) is 105 cm³/mol. The maximum absolute atomic E-state index is 13.6. The highest BCUT2D eigenvalue weighted by atomic mass is 19.1. The van der Waals surface area contributed by atoms with Crippen molar-refractivity contribution >= 4 is 5.91 Å². The number of nitrogens with one attached hydrogen (secondary N) is 1. The molecule has 0 aliphatic heterocycles. The zero-order valence-electron chi connectivity index (χ0n) is 15.8. The second-order valence-electron chi connectivity index (χ2n) is 6.80. The van der Waals surface area contributed by atoms with E-state index in [9.17, 15) is 13.6 Å². The lowest BCUT2D eigenvalue weighted by atomic mass is 10.1. The summed E-state index contributed by atoms with van der Waals surface area (Å²) in [4.78, 5) is 13.9. The number of amides is 1. The summed E-state index contributed by atoms with van der Waals surface area (Å²) in [6.45, 7) is 0.612. The number of rotatable bonds is 8. The Morgan fingerprint density at radius 1 is 1.07 bits per heavy atom. The van der Waals surface area contributed by atoms with Crippen LogP contribution in [0.2, 0.25) is 0 Å². The van der Waals surface area contributed by atoms with Gasteiger partial charge in [0, 0.05) is 31.3 Å². The number of carbonyl (C=O) groups is 1. The van der Waals surface area contributed by atoms with Crippen molar-refractivity contribution in [2.75, 3.05) is 13.6 Å². The molecular weight excluding hydrogens is 360 g/mol. The zero-order valence-corrected chi connectivity index (χ0v) is 15.8. The van der Waals surface area contributed by atoms with Gasteiger partial charge >= 0.3 is 0 Å². The maximum Gasteiger partial charge on any atom is 0.222 e. The molecule has 0 radical (unpaired) electrons. The van der Waals surface area contributed by atoms with E-state index in [4.69, 9.17) is 0 Å². The van der Waals surface area contributed by atoms with Crippen LogP contribution in [0.4, 0.5) is 8.78 Å². The number of H-pyrrole nitrogens is 1. The molecule has 0 atom stereocenters. The second kappa shape index (κ2) is 9.26. The number of nitrogens with zero attached hydrogens (tertiary/aromatic N) is 2. The maximum atomic E-state index is 13.6. The molecule has 1 aromatic heterocycles. The van der Waals surface area contributed by atoms with E-state index in [0.29, 0.717) is 18.5 Å². The van der Waals surface area contributed by atoms with Crippen LogP contribution in [0, 0.1) is 11.6 Å². The molecule has 28 heavy (non-hydrogen) atoms. The van der Waals surface area contributed by atoms with Crippen molar-refractivity contribution in [2.24, 2.45) is 0 Å². The first-order valence-corrected chi connectivity index (χ1v) is 9.30. The van der Waals surface area contributed by atoms with Gasteiger partial charge in [0.05, 0.1) is 5.69 Å². The Labute approximate surface area is 163 Å². The lowest BCUT2D eigenvalue weighted by Gasteiger charge is -2.17. The van der Waals surface area contributed by atoms with Gasteiger partial charge in [-0.2, -0.15) is 5.10 Å². The number of hydrogen-bond donors (Lipinski definition) is 1. The van der Waals surface area contributed by atoms with Crippen LogP contribution in [0.3, 0.4) is 0 Å². The Kier molecular flexibility index (Phi) is 6.53. The van der Waals surface area contributed by atoms with E-state index >= 15 is 0 Å². The zero-order chi connectivity index (χ0) is 19.9. The molecule has 0 bridgehead atoms. The van der Waals surface area contributed by atoms with E-state index in [0.717, 1.165) is 29.8 Å². The van der Waals surface area contributed by atoms with E-state index < -0.39 is 0 Å². The first kappa shape index (κ1) is 19.7. The summed E-state index contributed by atoms with van der Waals surface area (Å²) in [6, 6.07) is 14.7. The Bertz CT molecular complexity index is 922. The highest BCUT2D eigenvalue weighted by Crippen LogP contribution is 2.18. The monoisotopic (exact) mass is 383 g/mol. The topological polar surface area (TPSA) is 49.0 Å². The quantitative estimate of drug-likeness (QED) is 0.628. The van der Waals surface area contributed by atoms with Crippen molar-refractivity contribution in [3.63, 3.8) is 0 Å². The number of aromatic nitrogens is 2. The third-order valence-corrected chi connectivity index (χ3v) is 4.70. The van der Waals surface area contributed by atoms with Crippen molar-refractivity contribution in [1.82, 2.24) is 15.1 Å². The molecule has 0 unspecified atom stereocenters. The number of aromatic amines is 1. The predicted octanol–water partition coefficient (Wildman–Crippen LogP) is 4.38. The first-order chi connectivity index (χ1) is 13.5. The molecule has 6 heteroatoms. The van der Waals surface area contributed by atoms with E-state index in [-0.39, 0.29) is 24.0 Å². The standard InChI is InChI=1S/C22H23F2N3O/c1-27(22(28)13-10-16-5-2-3-7-20(16)24)14-4-6-19-15-21(26-25-19)17-8-11-18(23)12-9-17/h2-3,5,7-9,11-12,15H,4,6,10,13-14H2,1H3,(H,25,26). The van der Waals surface area contributed by atoms with E-state index in [1.54, 1.807) is 42.3 Å². The molecule has 0 aliphatic rings. The average molecular weight is 383 g/mol. The minimum Gasteiger partial charge on any atom is -0.346 e. The third-order valence-electron chi connectivity index (χ3n) is 4.70. The Morgan fingerprint density at radius 2 is 1.82 bits per heavy atom. The summed E-state index contributed by atoms with van der Waals surface area (Å²) < 4.78 is 26.6. The van der Waals surface area contributed by atoms with Gasteiger partial charge in [-0.15, -0.1) is 0 Å². The fraction of sp³-hybridized carbons (Fsp3) is 0.273. The lowest BCUT2D eigenvalue weighted by Crippen LogP contribution is -2.28. The molecule has 3 rings (SSSR count). The Morgan fingerprint density at radius 3 is 2.57 bits per heavy atom. The molecule has 0 fully saturated rings. The van der Waals surface area contributed by atoms with Crippen LogP contribution in [-0.4, -0.2) is 34.6 Å². The molecule has 0 aliphatic carbocycles. The van der Waals surface area contributed by atoms with Gasteiger partial charge in [-0.1, -0.05) is 18.2 Å². The molecule has 0 saturated carbocycles. The van der Waals surface area contributed by atoms with Crippen LogP contribution in [0.15, 0.2) is 54.6 Å². The highest BCUT2D eigenvalue weighted by Gasteiger charge is 2.11. The van der Waals surface area contributed by atoms with Crippen LogP contribution in [0.25, 0.3) is 11.3 Å². The van der Waals surface area contributed by atoms with Crippen molar-refractivity contribution in [3.8, 4) is 11.3 Å². The van der Waals surface area contributed by atoms with Crippen LogP contribution in [0.5, 0.6) is 0 Å². The Balaban J connectivity index is 1.43. The largest absolute Gasteiger partial charge is 0.346 e. The lowest BCUT2D eigenvalue weighted by molar-refractivity contribution is -0.129. The number of benzene rings is 2. The van der Waals surface area contributed by atoms with Crippen molar-refractivity contribution in [3.05, 3.63) is 77.5 Å². The summed E-state index contributed by atoms with van der Waals surface area (Å²) in [5.74, 6) is -0.545. The van der Waals surface area contributed by atoms with Gasteiger partial charge in [-0.05, 0) is 61.2 Å². The molecular formula is C22H23F2N3O. The van der Waals surface area contributed by atoms with Gasteiger partial charge in [0.2, 0.25) is 5.91 Å². The van der Waals surface area contributed by atoms with Crippen molar-refractivity contribution < 1.29 is 13.6 Å². The van der Waals surface area contributed by atoms with Gasteiger partial charge in [-0.25, -0.2) is 8.78 Å². The molecule has 2 aromatic carbocycles. The number of hydrogen-bond acceptors (Lipinski definition) is 2. The van der Waals surface area contributed by atoms with Crippen LogP contribution < -0.4 is 0 Å². The smallest absolute Gasteiger partial charge is 0.222 e. The summed E-state index contributed by atoms with van der Waals surface area (Å²) >= 11 is 0. The molecule has 0 saturated heterocycles. The summed E-state index contributed by atoms with van der Waals surface area (Å²) in [5.41, 5.74) is 3.15. The third kappa shape index (κ3) is 5.25. The van der Waals surface area contributed by atoms with Gasteiger partial charge < -0.3 is 4.90 Å². The van der Waals surface area contributed by atoms with Crippen molar-refractivity contribution in [2.45, 2.75) is 25.7 Å². The molecule has 146 valence electrons. The first-order valence-electron chi connectivity index (χ1n) is 9.30. The molecule has 1 heterocycles. The number of halogens is 2. The fourth-order valence-electron chi connectivity index (χ4n) is 3.02. The van der Waals surface area contributed by atoms with E-state index in [1.165, 1.54) is 18.2 Å². The van der Waals surface area contributed by atoms with Gasteiger partial charge in [0.25, 0.3) is 0 Å². The summed E-state index contributed by atoms with van der Waals surface area (Å²) in [6.07, 6.45) is 2.22. The van der Waals surface area contributed by atoms with Gasteiger partial charge in [0.15, 0.2) is 0 Å². The SMILES string of the molecule is CN(CCCc1cc(-c2ccc(F)cc2)n[nH]1)C(=O)CCc1ccccc1F. The number of aryl methyl sites for hydroxylation is 2. The summed E-state index contributed by atoms with van der Waals surface area (Å²) in [5, 5.41) is 7.24. The molecule has 3 aromatic rings. The van der Waals surface area contributed by atoms with Crippen LogP contribution >= 0.6 is 0 Å². The fourth-order valence-corrected chi connectivity index (χ4v) is 3.02. The minimum absolute atomic E-state index is 0.000125. The summed E-state index contributed by atoms with van der Waals surface area (Å²) in [7, 11) is 1.76. The average Bonchev–Trinajstić information content (AvgIpc) is 3.16. The second-order valence-corrected chi connectivity index (χ2v) is 6.80. The highest BCUT2D eigenvalue weighted by molar-refractivity contribution is 5.76. The Hall–Kier alpha value is -3.02. The van der Waals surface area contributed by atoms with E-state index in [1.807, 2.05) is 6.07 Å². The minimum atomic E-state index is -0.276. The van der Waals surface area contributed by atoms with Crippen LogP contribution in [0.1, 0.15) is 24.1 Å². The molecule has 1 N–H and O–H groups in total. The normalized spacial score (nSPS) is 10.8. The number of carbonyl (C=O) groups excluding carboxylic acids is 1. The molecule has 1 amide bonds.